The molecule has 0 unspecified atom stereocenters. The molecular formula is C23H26FN5O. The summed E-state index contributed by atoms with van der Waals surface area (Å²) in [5, 5.41) is 3.77. The molecule has 0 aromatic carbocycles. The van der Waals surface area contributed by atoms with Crippen LogP contribution in [0.3, 0.4) is 0 Å². The maximum atomic E-state index is 13.6. The van der Waals surface area contributed by atoms with E-state index in [1.165, 1.54) is 28.6 Å². The molecule has 3 aromatic rings. The van der Waals surface area contributed by atoms with Gasteiger partial charge in [-0.05, 0) is 49.8 Å². The summed E-state index contributed by atoms with van der Waals surface area (Å²) in [4.78, 5) is 21.5. The third-order valence-electron chi connectivity index (χ3n) is 6.53. The lowest BCUT2D eigenvalue weighted by Gasteiger charge is -2.45. The quantitative estimate of drug-likeness (QED) is 0.707. The number of hydrogen-bond acceptors (Lipinski definition) is 4. The second kappa shape index (κ2) is 7.07. The van der Waals surface area contributed by atoms with E-state index in [1.807, 2.05) is 18.5 Å². The molecule has 4 heterocycles. The van der Waals surface area contributed by atoms with E-state index in [9.17, 15) is 9.18 Å². The molecule has 1 aliphatic carbocycles. The summed E-state index contributed by atoms with van der Waals surface area (Å²) in [5.41, 5.74) is 1.86. The highest BCUT2D eigenvalue weighted by atomic mass is 19.1. The Balaban J connectivity index is 1.44. The van der Waals surface area contributed by atoms with Gasteiger partial charge < -0.3 is 9.88 Å². The largest absolute Gasteiger partial charge is 0.371 e. The van der Waals surface area contributed by atoms with Crippen molar-refractivity contribution < 1.29 is 4.39 Å². The number of aromatic nitrogens is 4. The number of hydrogen-bond donors (Lipinski definition) is 1. The first-order valence-electron chi connectivity index (χ1n) is 10.6. The Hall–Kier alpha value is -2.96. The van der Waals surface area contributed by atoms with Gasteiger partial charge in [-0.1, -0.05) is 13.8 Å². The molecule has 0 saturated heterocycles. The standard InChI is InChI=1S/C23H26FN5O/c1-15(2)21-26-12-19-23(27-18-4-3-11-25-22(18)29(19)21)9-7-16(8-10-23)13-28-14-17(24)5-6-20(28)30/h3-6,11-12,14-16,27H,7-10,13H2,1-2H3. The van der Waals surface area contributed by atoms with Crippen LogP contribution >= 0.6 is 0 Å². The van der Waals surface area contributed by atoms with Gasteiger partial charge in [0.1, 0.15) is 11.6 Å². The van der Waals surface area contributed by atoms with Gasteiger partial charge in [0.2, 0.25) is 0 Å². The molecule has 1 N–H and O–H groups in total. The zero-order valence-electron chi connectivity index (χ0n) is 17.3. The number of rotatable bonds is 3. The summed E-state index contributed by atoms with van der Waals surface area (Å²) in [6.07, 6.45) is 8.90. The van der Waals surface area contributed by atoms with E-state index in [2.05, 4.69) is 34.8 Å². The van der Waals surface area contributed by atoms with E-state index >= 15 is 0 Å². The van der Waals surface area contributed by atoms with Crippen molar-refractivity contribution in [2.24, 2.45) is 5.92 Å². The molecule has 1 spiro atoms. The molecule has 1 saturated carbocycles. The average molecular weight is 407 g/mol. The Bertz CT molecular complexity index is 1140. The third kappa shape index (κ3) is 3.04. The summed E-state index contributed by atoms with van der Waals surface area (Å²) in [6.45, 7) is 4.86. The van der Waals surface area contributed by atoms with Crippen LogP contribution in [0.5, 0.6) is 0 Å². The minimum atomic E-state index is -0.370. The normalized spacial score (nSPS) is 22.6. The zero-order valence-corrected chi connectivity index (χ0v) is 17.3. The highest BCUT2D eigenvalue weighted by Gasteiger charge is 2.43. The van der Waals surface area contributed by atoms with Gasteiger partial charge in [-0.2, -0.15) is 0 Å². The summed E-state index contributed by atoms with van der Waals surface area (Å²) in [5.74, 6) is 2.20. The Morgan fingerprint density at radius 3 is 2.80 bits per heavy atom. The lowest BCUT2D eigenvalue weighted by atomic mass is 9.73. The fourth-order valence-electron chi connectivity index (χ4n) is 4.99. The highest BCUT2D eigenvalue weighted by molar-refractivity contribution is 5.63. The van der Waals surface area contributed by atoms with E-state index in [1.54, 1.807) is 0 Å². The predicted molar refractivity (Wildman–Crippen MR) is 113 cm³/mol. The van der Waals surface area contributed by atoms with Crippen molar-refractivity contribution >= 4 is 5.69 Å². The Morgan fingerprint density at radius 1 is 1.23 bits per heavy atom. The van der Waals surface area contributed by atoms with Crippen LogP contribution in [0.4, 0.5) is 10.1 Å². The number of fused-ring (bicyclic) bond motifs is 4. The first kappa shape index (κ1) is 19.0. The summed E-state index contributed by atoms with van der Waals surface area (Å²) < 4.78 is 17.3. The van der Waals surface area contributed by atoms with E-state index in [4.69, 9.17) is 4.98 Å². The van der Waals surface area contributed by atoms with Crippen LogP contribution in [0.2, 0.25) is 0 Å². The van der Waals surface area contributed by atoms with Gasteiger partial charge in [0, 0.05) is 30.9 Å². The second-order valence-corrected chi connectivity index (χ2v) is 8.85. The average Bonchev–Trinajstić information content (AvgIpc) is 3.19. The molecule has 30 heavy (non-hydrogen) atoms. The molecule has 6 nitrogen and oxygen atoms in total. The van der Waals surface area contributed by atoms with E-state index in [0.29, 0.717) is 18.4 Å². The molecule has 156 valence electrons. The molecule has 5 rings (SSSR count). The minimum absolute atomic E-state index is 0.146. The van der Waals surface area contributed by atoms with Gasteiger partial charge >= 0.3 is 0 Å². The number of anilines is 1. The monoisotopic (exact) mass is 407 g/mol. The van der Waals surface area contributed by atoms with Crippen LogP contribution in [-0.2, 0) is 12.1 Å². The molecule has 0 atom stereocenters. The van der Waals surface area contributed by atoms with Crippen LogP contribution in [-0.4, -0.2) is 19.1 Å². The number of nitrogens with one attached hydrogen (secondary N) is 1. The Labute approximate surface area is 174 Å². The van der Waals surface area contributed by atoms with Crippen molar-refractivity contribution in [3.05, 3.63) is 70.5 Å². The predicted octanol–water partition coefficient (Wildman–Crippen LogP) is 4.20. The summed E-state index contributed by atoms with van der Waals surface area (Å²) in [7, 11) is 0. The lowest BCUT2D eigenvalue weighted by Crippen LogP contribution is -2.44. The van der Waals surface area contributed by atoms with Crippen molar-refractivity contribution in [1.29, 1.82) is 0 Å². The van der Waals surface area contributed by atoms with Crippen molar-refractivity contribution in [3.63, 3.8) is 0 Å². The van der Waals surface area contributed by atoms with Gasteiger partial charge in [0.05, 0.1) is 23.1 Å². The number of pyridine rings is 2. The van der Waals surface area contributed by atoms with Gasteiger partial charge in [-0.15, -0.1) is 0 Å². The minimum Gasteiger partial charge on any atom is -0.371 e. The van der Waals surface area contributed by atoms with Crippen LogP contribution in [0.1, 0.15) is 57.0 Å². The molecular weight excluding hydrogens is 381 g/mol. The molecule has 0 bridgehead atoms. The fourth-order valence-corrected chi connectivity index (χ4v) is 4.99. The lowest BCUT2D eigenvalue weighted by molar-refractivity contribution is 0.225. The molecule has 0 amide bonds. The summed E-state index contributed by atoms with van der Waals surface area (Å²) >= 11 is 0. The van der Waals surface area contributed by atoms with E-state index in [0.717, 1.165) is 43.0 Å². The molecule has 0 radical (unpaired) electrons. The molecule has 2 aliphatic rings. The third-order valence-corrected chi connectivity index (χ3v) is 6.53. The fraction of sp³-hybridized carbons (Fsp3) is 0.435. The van der Waals surface area contributed by atoms with Crippen molar-refractivity contribution in [3.8, 4) is 5.82 Å². The van der Waals surface area contributed by atoms with Crippen LogP contribution in [0.25, 0.3) is 5.82 Å². The van der Waals surface area contributed by atoms with Crippen LogP contribution in [0.15, 0.2) is 47.7 Å². The first-order chi connectivity index (χ1) is 14.5. The van der Waals surface area contributed by atoms with Crippen molar-refractivity contribution in [1.82, 2.24) is 19.1 Å². The maximum absolute atomic E-state index is 13.6. The van der Waals surface area contributed by atoms with Crippen molar-refractivity contribution in [2.75, 3.05) is 5.32 Å². The van der Waals surface area contributed by atoms with Gasteiger partial charge in [0.15, 0.2) is 5.82 Å². The molecule has 7 heteroatoms. The topological polar surface area (TPSA) is 64.7 Å². The Kier molecular flexibility index (Phi) is 4.49. The molecule has 3 aromatic heterocycles. The van der Waals surface area contributed by atoms with Crippen molar-refractivity contribution in [2.45, 2.75) is 57.5 Å². The smallest absolute Gasteiger partial charge is 0.250 e. The Morgan fingerprint density at radius 2 is 2.03 bits per heavy atom. The number of imidazole rings is 1. The zero-order chi connectivity index (χ0) is 20.9. The van der Waals surface area contributed by atoms with Gasteiger partial charge in [0.25, 0.3) is 5.56 Å². The van der Waals surface area contributed by atoms with Gasteiger partial charge in [-0.3, -0.25) is 9.36 Å². The van der Waals surface area contributed by atoms with E-state index in [-0.39, 0.29) is 16.9 Å². The van der Waals surface area contributed by atoms with E-state index < -0.39 is 0 Å². The van der Waals surface area contributed by atoms with Crippen LogP contribution < -0.4 is 10.9 Å². The number of halogens is 1. The van der Waals surface area contributed by atoms with Crippen LogP contribution in [0, 0.1) is 11.7 Å². The first-order valence-corrected chi connectivity index (χ1v) is 10.6. The molecule has 1 fully saturated rings. The number of nitrogens with zero attached hydrogens (tertiary/aromatic N) is 4. The SMILES string of the molecule is CC(C)c1ncc2n1-c1ncccc1NC21CCC(Cn2cc(F)ccc2=O)CC1. The van der Waals surface area contributed by atoms with Gasteiger partial charge in [-0.25, -0.2) is 14.4 Å². The molecule has 1 aliphatic heterocycles. The highest BCUT2D eigenvalue weighted by Crippen LogP contribution is 2.47. The second-order valence-electron chi connectivity index (χ2n) is 8.85. The summed E-state index contributed by atoms with van der Waals surface area (Å²) in [6, 6.07) is 6.56. The maximum Gasteiger partial charge on any atom is 0.250 e.